The third kappa shape index (κ3) is 5.28. The van der Waals surface area contributed by atoms with Crippen LogP contribution in [0.2, 0.25) is 0 Å². The number of methoxy groups -OCH3 is 1. The Morgan fingerprint density at radius 2 is 1.83 bits per heavy atom. The molecule has 2 aromatic carbocycles. The number of rotatable bonds is 6. The van der Waals surface area contributed by atoms with Crippen LogP contribution in [0.15, 0.2) is 60.4 Å². The number of carbonyl (C=O) groups is 2. The lowest BCUT2D eigenvalue weighted by Crippen LogP contribution is -2.25. The van der Waals surface area contributed by atoms with E-state index in [0.29, 0.717) is 12.2 Å². The monoisotopic (exact) mass is 324 g/mol. The van der Waals surface area contributed by atoms with Gasteiger partial charge in [0, 0.05) is 19.2 Å². The largest absolute Gasteiger partial charge is 0.491 e. The van der Waals surface area contributed by atoms with Gasteiger partial charge in [-0.2, -0.15) is 0 Å². The summed E-state index contributed by atoms with van der Waals surface area (Å²) in [7, 11) is 1.46. The maximum absolute atomic E-state index is 12.2. The van der Waals surface area contributed by atoms with Gasteiger partial charge in [-0.05, 0) is 29.3 Å². The van der Waals surface area contributed by atoms with Crippen molar-refractivity contribution >= 4 is 23.6 Å². The van der Waals surface area contributed by atoms with Gasteiger partial charge in [0.25, 0.3) is 5.91 Å². The van der Waals surface area contributed by atoms with Gasteiger partial charge in [0.15, 0.2) is 5.76 Å². The molecule has 0 saturated heterocycles. The summed E-state index contributed by atoms with van der Waals surface area (Å²) in [6.07, 6.45) is 1.68. The van der Waals surface area contributed by atoms with E-state index in [0.717, 1.165) is 11.1 Å². The number of amides is 2. The Morgan fingerprint density at radius 3 is 2.50 bits per heavy atom. The zero-order chi connectivity index (χ0) is 17.4. The maximum atomic E-state index is 12.2. The lowest BCUT2D eigenvalue weighted by molar-refractivity contribution is -0.120. The summed E-state index contributed by atoms with van der Waals surface area (Å²) < 4.78 is 5.17. The predicted octanol–water partition coefficient (Wildman–Crippen LogP) is 2.95. The van der Waals surface area contributed by atoms with E-state index in [4.69, 9.17) is 4.74 Å². The van der Waals surface area contributed by atoms with Gasteiger partial charge < -0.3 is 15.4 Å². The Labute approximate surface area is 141 Å². The molecule has 2 aromatic rings. The first-order valence-electron chi connectivity index (χ1n) is 7.54. The first-order valence-corrected chi connectivity index (χ1v) is 7.54. The Balaban J connectivity index is 2.01. The zero-order valence-electron chi connectivity index (χ0n) is 13.7. The molecule has 124 valence electrons. The molecule has 0 aromatic heterocycles. The summed E-state index contributed by atoms with van der Waals surface area (Å²) in [6, 6.07) is 16.8. The minimum atomic E-state index is -0.300. The highest BCUT2D eigenvalue weighted by Gasteiger charge is 2.09. The second-order valence-electron chi connectivity index (χ2n) is 5.19. The molecule has 0 aliphatic rings. The van der Waals surface area contributed by atoms with Crippen LogP contribution in [-0.2, 0) is 20.9 Å². The number of benzene rings is 2. The molecule has 0 spiro atoms. The molecule has 0 aliphatic carbocycles. The van der Waals surface area contributed by atoms with E-state index in [-0.39, 0.29) is 17.6 Å². The minimum absolute atomic E-state index is 0.136. The summed E-state index contributed by atoms with van der Waals surface area (Å²) in [6.45, 7) is 1.79. The van der Waals surface area contributed by atoms with E-state index in [9.17, 15) is 9.59 Å². The molecular weight excluding hydrogens is 304 g/mol. The second-order valence-corrected chi connectivity index (χ2v) is 5.19. The predicted molar refractivity (Wildman–Crippen MR) is 94.0 cm³/mol. The number of carbonyl (C=O) groups excluding carboxylic acids is 2. The molecule has 2 amide bonds. The lowest BCUT2D eigenvalue weighted by Gasteiger charge is -2.09. The van der Waals surface area contributed by atoms with Crippen LogP contribution in [0.25, 0.3) is 6.08 Å². The molecule has 0 heterocycles. The topological polar surface area (TPSA) is 67.4 Å². The molecule has 2 rings (SSSR count). The molecule has 2 N–H and O–H groups in total. The fourth-order valence-corrected chi connectivity index (χ4v) is 2.15. The summed E-state index contributed by atoms with van der Waals surface area (Å²) in [5.74, 6) is -0.200. The average Bonchev–Trinajstić information content (AvgIpc) is 2.58. The minimum Gasteiger partial charge on any atom is -0.491 e. The van der Waals surface area contributed by atoms with Crippen LogP contribution in [0, 0.1) is 0 Å². The van der Waals surface area contributed by atoms with E-state index in [1.54, 1.807) is 12.1 Å². The van der Waals surface area contributed by atoms with Crippen molar-refractivity contribution < 1.29 is 14.3 Å². The van der Waals surface area contributed by atoms with Crippen molar-refractivity contribution in [2.45, 2.75) is 13.5 Å². The van der Waals surface area contributed by atoms with Gasteiger partial charge in [0.2, 0.25) is 5.91 Å². The van der Waals surface area contributed by atoms with Gasteiger partial charge in [0.05, 0.1) is 7.11 Å². The van der Waals surface area contributed by atoms with E-state index >= 15 is 0 Å². The highest BCUT2D eigenvalue weighted by molar-refractivity contribution is 5.95. The van der Waals surface area contributed by atoms with Crippen molar-refractivity contribution in [2.75, 3.05) is 12.4 Å². The summed E-state index contributed by atoms with van der Waals surface area (Å²) in [5.41, 5.74) is 2.46. The maximum Gasteiger partial charge on any atom is 0.286 e. The highest BCUT2D eigenvalue weighted by atomic mass is 16.5. The van der Waals surface area contributed by atoms with Crippen LogP contribution in [0.1, 0.15) is 18.1 Å². The molecule has 24 heavy (non-hydrogen) atoms. The van der Waals surface area contributed by atoms with Gasteiger partial charge in [-0.3, -0.25) is 9.59 Å². The zero-order valence-corrected chi connectivity index (χ0v) is 13.7. The SMILES string of the molecule is COC(=Cc1ccccc1)C(=O)NCc1cccc(NC(C)=O)c1. The van der Waals surface area contributed by atoms with Crippen molar-refractivity contribution in [3.63, 3.8) is 0 Å². The van der Waals surface area contributed by atoms with Gasteiger partial charge in [-0.15, -0.1) is 0 Å². The molecular formula is C19H20N2O3. The van der Waals surface area contributed by atoms with Crippen LogP contribution in [0.3, 0.4) is 0 Å². The lowest BCUT2D eigenvalue weighted by atomic mass is 10.2. The van der Waals surface area contributed by atoms with E-state index < -0.39 is 0 Å². The van der Waals surface area contributed by atoms with Crippen LogP contribution in [-0.4, -0.2) is 18.9 Å². The highest BCUT2D eigenvalue weighted by Crippen LogP contribution is 2.11. The average molecular weight is 324 g/mol. The molecule has 0 atom stereocenters. The number of ether oxygens (including phenoxy) is 1. The molecule has 5 nitrogen and oxygen atoms in total. The van der Waals surface area contributed by atoms with Crippen molar-refractivity contribution in [2.24, 2.45) is 0 Å². The molecule has 0 unspecified atom stereocenters. The van der Waals surface area contributed by atoms with E-state index in [1.807, 2.05) is 48.5 Å². The summed E-state index contributed by atoms with van der Waals surface area (Å²) >= 11 is 0. The van der Waals surface area contributed by atoms with Gasteiger partial charge in [0.1, 0.15) is 0 Å². The fourth-order valence-electron chi connectivity index (χ4n) is 2.15. The van der Waals surface area contributed by atoms with Gasteiger partial charge in [-0.25, -0.2) is 0 Å². The quantitative estimate of drug-likeness (QED) is 0.634. The smallest absolute Gasteiger partial charge is 0.286 e. The van der Waals surface area contributed by atoms with Crippen LogP contribution >= 0.6 is 0 Å². The second kappa shape index (κ2) is 8.53. The molecule has 5 heteroatoms. The van der Waals surface area contributed by atoms with Crippen molar-refractivity contribution in [3.8, 4) is 0 Å². The Hall–Kier alpha value is -3.08. The van der Waals surface area contributed by atoms with Gasteiger partial charge >= 0.3 is 0 Å². The van der Waals surface area contributed by atoms with Gasteiger partial charge in [-0.1, -0.05) is 42.5 Å². The number of anilines is 1. The molecule has 0 radical (unpaired) electrons. The van der Waals surface area contributed by atoms with Crippen molar-refractivity contribution in [1.82, 2.24) is 5.32 Å². The Kier molecular flexibility index (Phi) is 6.14. The van der Waals surface area contributed by atoms with Crippen LogP contribution in [0.5, 0.6) is 0 Å². The summed E-state index contributed by atoms with van der Waals surface area (Å²) in [4.78, 5) is 23.3. The fraction of sp³-hybridized carbons (Fsp3) is 0.158. The molecule has 0 fully saturated rings. The third-order valence-electron chi connectivity index (χ3n) is 3.24. The third-order valence-corrected chi connectivity index (χ3v) is 3.24. The molecule has 0 saturated carbocycles. The van der Waals surface area contributed by atoms with Crippen LogP contribution < -0.4 is 10.6 Å². The molecule has 0 bridgehead atoms. The Morgan fingerprint density at radius 1 is 1.08 bits per heavy atom. The number of nitrogens with one attached hydrogen (secondary N) is 2. The first-order chi connectivity index (χ1) is 11.6. The van der Waals surface area contributed by atoms with Crippen molar-refractivity contribution in [3.05, 3.63) is 71.5 Å². The summed E-state index contributed by atoms with van der Waals surface area (Å²) in [5, 5.41) is 5.52. The normalized spacial score (nSPS) is 10.8. The number of hydrogen-bond donors (Lipinski definition) is 2. The van der Waals surface area contributed by atoms with Crippen LogP contribution in [0.4, 0.5) is 5.69 Å². The van der Waals surface area contributed by atoms with Crippen molar-refractivity contribution in [1.29, 1.82) is 0 Å². The Bertz CT molecular complexity index is 739. The standard InChI is InChI=1S/C19H20N2O3/c1-14(22)21-17-10-6-9-16(11-17)13-20-19(23)18(24-2)12-15-7-4-3-5-8-15/h3-12H,13H2,1-2H3,(H,20,23)(H,21,22). The number of hydrogen-bond acceptors (Lipinski definition) is 3. The van der Waals surface area contributed by atoms with E-state index in [1.165, 1.54) is 14.0 Å². The molecule has 0 aliphatic heterocycles. The first kappa shape index (κ1) is 17.3. The van der Waals surface area contributed by atoms with E-state index in [2.05, 4.69) is 10.6 Å².